The molecule has 1 aliphatic carbocycles. The van der Waals surface area contributed by atoms with Crippen LogP contribution in [-0.2, 0) is 19.4 Å². The highest BCUT2D eigenvalue weighted by Crippen LogP contribution is 2.27. The molecule has 0 saturated heterocycles. The monoisotopic (exact) mass is 339 g/mol. The molecule has 0 radical (unpaired) electrons. The Morgan fingerprint density at radius 3 is 2.76 bits per heavy atom. The lowest BCUT2D eigenvalue weighted by Gasteiger charge is -2.36. The standard InChI is InChI=1S/C20H25N3O2/c1-14-19(13-25-22-14)20(24)21-12-15-5-6-16-7-9-23(18-3-2-4-18)10-8-17(16)11-15/h5-6,11,13,18H,2-4,7-10,12H2,1H3,(H,21,24). The van der Waals surface area contributed by atoms with E-state index in [0.717, 1.165) is 31.0 Å². The molecule has 0 atom stereocenters. The summed E-state index contributed by atoms with van der Waals surface area (Å²) >= 11 is 0. The highest BCUT2D eigenvalue weighted by Gasteiger charge is 2.26. The van der Waals surface area contributed by atoms with Gasteiger partial charge in [0, 0.05) is 25.7 Å². The smallest absolute Gasteiger partial charge is 0.256 e. The van der Waals surface area contributed by atoms with Crippen molar-refractivity contribution in [3.05, 3.63) is 52.4 Å². The molecule has 132 valence electrons. The van der Waals surface area contributed by atoms with Crippen molar-refractivity contribution in [2.45, 2.75) is 51.6 Å². The molecule has 1 aliphatic heterocycles. The SMILES string of the molecule is Cc1nocc1C(=O)NCc1ccc2c(c1)CCN(C1CCC1)CC2. The summed E-state index contributed by atoms with van der Waals surface area (Å²) in [5, 5.41) is 6.71. The van der Waals surface area contributed by atoms with E-state index in [1.54, 1.807) is 6.92 Å². The fourth-order valence-electron chi connectivity index (χ4n) is 3.81. The van der Waals surface area contributed by atoms with Crippen LogP contribution in [0.3, 0.4) is 0 Å². The van der Waals surface area contributed by atoms with Crippen LogP contribution in [-0.4, -0.2) is 35.1 Å². The van der Waals surface area contributed by atoms with Gasteiger partial charge in [-0.1, -0.05) is 29.8 Å². The zero-order valence-corrected chi connectivity index (χ0v) is 14.8. The topological polar surface area (TPSA) is 58.4 Å². The lowest BCUT2D eigenvalue weighted by atomic mass is 9.91. The summed E-state index contributed by atoms with van der Waals surface area (Å²) in [5.74, 6) is -0.134. The molecule has 1 amide bonds. The molecule has 1 aromatic heterocycles. The molecule has 5 nitrogen and oxygen atoms in total. The van der Waals surface area contributed by atoms with E-state index in [9.17, 15) is 4.79 Å². The maximum atomic E-state index is 12.2. The summed E-state index contributed by atoms with van der Waals surface area (Å²) < 4.78 is 4.83. The molecule has 1 N–H and O–H groups in total. The fraction of sp³-hybridized carbons (Fsp3) is 0.500. The molecule has 0 bridgehead atoms. The molecule has 2 aromatic rings. The second kappa shape index (κ2) is 7.00. The minimum absolute atomic E-state index is 0.134. The van der Waals surface area contributed by atoms with E-state index in [2.05, 4.69) is 33.6 Å². The Balaban J connectivity index is 1.39. The second-order valence-corrected chi connectivity index (χ2v) is 7.22. The van der Waals surface area contributed by atoms with Gasteiger partial charge in [-0.2, -0.15) is 0 Å². The first-order chi connectivity index (χ1) is 12.2. The van der Waals surface area contributed by atoms with Crippen molar-refractivity contribution in [3.8, 4) is 0 Å². The van der Waals surface area contributed by atoms with E-state index in [4.69, 9.17) is 4.52 Å². The first kappa shape index (κ1) is 16.3. The molecular weight excluding hydrogens is 314 g/mol. The van der Waals surface area contributed by atoms with Crippen LogP contribution in [0.1, 0.15) is 52.0 Å². The number of aryl methyl sites for hydroxylation is 1. The van der Waals surface area contributed by atoms with E-state index < -0.39 is 0 Å². The van der Waals surface area contributed by atoms with Crippen molar-refractivity contribution in [2.75, 3.05) is 13.1 Å². The number of nitrogens with one attached hydrogen (secondary N) is 1. The summed E-state index contributed by atoms with van der Waals surface area (Å²) in [6, 6.07) is 7.46. The van der Waals surface area contributed by atoms with Crippen molar-refractivity contribution >= 4 is 5.91 Å². The number of hydrogen-bond acceptors (Lipinski definition) is 4. The van der Waals surface area contributed by atoms with Gasteiger partial charge in [-0.25, -0.2) is 0 Å². The fourth-order valence-corrected chi connectivity index (χ4v) is 3.81. The number of aromatic nitrogens is 1. The Labute approximate surface area is 148 Å². The van der Waals surface area contributed by atoms with Crippen molar-refractivity contribution in [1.29, 1.82) is 0 Å². The number of hydrogen-bond donors (Lipinski definition) is 1. The Hall–Kier alpha value is -2.14. The van der Waals surface area contributed by atoms with Gasteiger partial charge in [0.1, 0.15) is 11.8 Å². The number of benzene rings is 1. The maximum Gasteiger partial charge on any atom is 0.256 e. The Morgan fingerprint density at radius 2 is 2.08 bits per heavy atom. The Kier molecular flexibility index (Phi) is 4.57. The minimum atomic E-state index is -0.134. The normalized spacial score (nSPS) is 18.3. The van der Waals surface area contributed by atoms with Gasteiger partial charge in [0.25, 0.3) is 5.91 Å². The van der Waals surface area contributed by atoms with E-state index in [0.29, 0.717) is 17.8 Å². The van der Waals surface area contributed by atoms with Gasteiger partial charge in [0.2, 0.25) is 0 Å². The van der Waals surface area contributed by atoms with Crippen molar-refractivity contribution in [1.82, 2.24) is 15.4 Å². The van der Waals surface area contributed by atoms with Crippen LogP contribution in [0.4, 0.5) is 0 Å². The Morgan fingerprint density at radius 1 is 1.28 bits per heavy atom. The van der Waals surface area contributed by atoms with Crippen LogP contribution < -0.4 is 5.32 Å². The molecule has 2 aliphatic rings. The average molecular weight is 339 g/mol. The van der Waals surface area contributed by atoms with Crippen LogP contribution in [0.25, 0.3) is 0 Å². The van der Waals surface area contributed by atoms with Gasteiger partial charge in [-0.15, -0.1) is 0 Å². The molecule has 1 fully saturated rings. The van der Waals surface area contributed by atoms with Gasteiger partial charge < -0.3 is 9.84 Å². The quantitative estimate of drug-likeness (QED) is 0.930. The number of amides is 1. The van der Waals surface area contributed by atoms with Gasteiger partial charge in [0.15, 0.2) is 0 Å². The van der Waals surface area contributed by atoms with Gasteiger partial charge in [-0.3, -0.25) is 9.69 Å². The lowest BCUT2D eigenvalue weighted by molar-refractivity contribution is 0.0949. The summed E-state index contributed by atoms with van der Waals surface area (Å²) in [6.45, 7) is 4.64. The maximum absolute atomic E-state index is 12.2. The lowest BCUT2D eigenvalue weighted by Crippen LogP contribution is -2.41. The van der Waals surface area contributed by atoms with E-state index in [1.165, 1.54) is 43.2 Å². The predicted molar refractivity (Wildman–Crippen MR) is 95.5 cm³/mol. The molecular formula is C20H25N3O2. The number of carbonyl (C=O) groups excluding carboxylic acids is 1. The third-order valence-electron chi connectivity index (χ3n) is 5.65. The molecule has 1 aromatic carbocycles. The van der Waals surface area contributed by atoms with Crippen LogP contribution in [0, 0.1) is 6.92 Å². The average Bonchev–Trinajstić information content (AvgIpc) is 2.89. The number of carbonyl (C=O) groups is 1. The van der Waals surface area contributed by atoms with Gasteiger partial charge >= 0.3 is 0 Å². The highest BCUT2D eigenvalue weighted by molar-refractivity contribution is 5.94. The summed E-state index contributed by atoms with van der Waals surface area (Å²) in [7, 11) is 0. The van der Waals surface area contributed by atoms with Crippen LogP contribution in [0.5, 0.6) is 0 Å². The minimum Gasteiger partial charge on any atom is -0.364 e. The Bertz CT molecular complexity index is 764. The molecule has 2 heterocycles. The molecule has 0 spiro atoms. The number of nitrogens with zero attached hydrogens (tertiary/aromatic N) is 2. The largest absolute Gasteiger partial charge is 0.364 e. The molecule has 5 heteroatoms. The number of rotatable bonds is 4. The third-order valence-corrected chi connectivity index (χ3v) is 5.65. The van der Waals surface area contributed by atoms with E-state index in [-0.39, 0.29) is 5.91 Å². The van der Waals surface area contributed by atoms with Gasteiger partial charge in [-0.05, 0) is 49.3 Å². The van der Waals surface area contributed by atoms with Crippen LogP contribution in [0.15, 0.2) is 29.0 Å². The zero-order valence-electron chi connectivity index (χ0n) is 14.8. The van der Waals surface area contributed by atoms with Crippen molar-refractivity contribution < 1.29 is 9.32 Å². The van der Waals surface area contributed by atoms with Crippen LogP contribution in [0.2, 0.25) is 0 Å². The zero-order chi connectivity index (χ0) is 17.2. The molecule has 1 saturated carbocycles. The highest BCUT2D eigenvalue weighted by atomic mass is 16.5. The molecule has 25 heavy (non-hydrogen) atoms. The van der Waals surface area contributed by atoms with E-state index >= 15 is 0 Å². The first-order valence-corrected chi connectivity index (χ1v) is 9.24. The van der Waals surface area contributed by atoms with E-state index in [1.807, 2.05) is 0 Å². The predicted octanol–water partition coefficient (Wildman–Crippen LogP) is 2.87. The third kappa shape index (κ3) is 3.47. The van der Waals surface area contributed by atoms with Crippen molar-refractivity contribution in [3.63, 3.8) is 0 Å². The molecule has 0 unspecified atom stereocenters. The second-order valence-electron chi connectivity index (χ2n) is 7.22. The number of fused-ring (bicyclic) bond motifs is 1. The summed E-state index contributed by atoms with van der Waals surface area (Å²) in [4.78, 5) is 14.8. The first-order valence-electron chi connectivity index (χ1n) is 9.24. The summed E-state index contributed by atoms with van der Waals surface area (Å²) in [6.07, 6.45) is 7.78. The van der Waals surface area contributed by atoms with Crippen LogP contribution >= 0.6 is 0 Å². The van der Waals surface area contributed by atoms with Gasteiger partial charge in [0.05, 0.1) is 5.69 Å². The van der Waals surface area contributed by atoms with Crippen molar-refractivity contribution in [2.24, 2.45) is 0 Å². The molecule has 4 rings (SSSR count). The summed E-state index contributed by atoms with van der Waals surface area (Å²) in [5.41, 5.74) is 5.18.